The zero-order valence-electron chi connectivity index (χ0n) is 11.3. The van der Waals surface area contributed by atoms with E-state index in [0.29, 0.717) is 6.54 Å². The van der Waals surface area contributed by atoms with E-state index in [2.05, 4.69) is 27.9 Å². The predicted molar refractivity (Wildman–Crippen MR) is 82.8 cm³/mol. The highest BCUT2D eigenvalue weighted by Gasteiger charge is 2.03. The van der Waals surface area contributed by atoms with Crippen molar-refractivity contribution in [1.82, 2.24) is 10.6 Å². The number of furan rings is 1. The largest absolute Gasteiger partial charge is 0.459 e. The third-order valence-corrected chi connectivity index (χ3v) is 3.34. The second-order valence-corrected chi connectivity index (χ2v) is 5.08. The second kappa shape index (κ2) is 7.09. The van der Waals surface area contributed by atoms with E-state index in [1.54, 1.807) is 7.05 Å². The van der Waals surface area contributed by atoms with E-state index in [0.717, 1.165) is 35.0 Å². The fourth-order valence-corrected chi connectivity index (χ4v) is 2.09. The first-order valence-corrected chi connectivity index (χ1v) is 7.64. The molecule has 2 N–H and O–H groups in total. The molecule has 0 saturated carbocycles. The van der Waals surface area contributed by atoms with Crippen LogP contribution in [-0.4, -0.2) is 31.6 Å². The Balaban J connectivity index is 1.90. The lowest BCUT2D eigenvalue weighted by molar-refractivity contribution is 0.539. The van der Waals surface area contributed by atoms with Gasteiger partial charge in [0.15, 0.2) is 5.96 Å². The minimum Gasteiger partial charge on any atom is -0.459 e. The van der Waals surface area contributed by atoms with Gasteiger partial charge in [0, 0.05) is 24.7 Å². The molecule has 1 aromatic carbocycles. The lowest BCUT2D eigenvalue weighted by Gasteiger charge is -2.09. The topological polar surface area (TPSA) is 49.6 Å². The highest BCUT2D eigenvalue weighted by atomic mass is 32.2. The van der Waals surface area contributed by atoms with Crippen molar-refractivity contribution >= 4 is 28.7 Å². The molecule has 0 radical (unpaired) electrons. The summed E-state index contributed by atoms with van der Waals surface area (Å²) >= 11 is 1.81. The number of benzene rings is 1. The molecule has 102 valence electrons. The first-order valence-electron chi connectivity index (χ1n) is 6.24. The second-order valence-electron chi connectivity index (χ2n) is 4.10. The molecule has 0 aliphatic rings. The first-order chi connectivity index (χ1) is 9.33. The van der Waals surface area contributed by atoms with Crippen LogP contribution >= 0.6 is 11.8 Å². The van der Waals surface area contributed by atoms with Gasteiger partial charge in [-0.15, -0.1) is 0 Å². The molecule has 2 rings (SSSR count). The molecule has 2 aromatic rings. The lowest BCUT2D eigenvalue weighted by atomic mass is 10.2. The van der Waals surface area contributed by atoms with Crippen LogP contribution in [0.25, 0.3) is 11.0 Å². The number of fused-ring (bicyclic) bond motifs is 1. The monoisotopic (exact) mass is 277 g/mol. The third-order valence-electron chi connectivity index (χ3n) is 2.73. The predicted octanol–water partition coefficient (Wildman–Crippen LogP) is 2.46. The van der Waals surface area contributed by atoms with Crippen molar-refractivity contribution in [2.24, 2.45) is 4.99 Å². The molecule has 0 aliphatic carbocycles. The van der Waals surface area contributed by atoms with Gasteiger partial charge in [-0.3, -0.25) is 4.99 Å². The van der Waals surface area contributed by atoms with Crippen LogP contribution in [0.4, 0.5) is 0 Å². The first kappa shape index (κ1) is 13.8. The van der Waals surface area contributed by atoms with Gasteiger partial charge >= 0.3 is 0 Å². The van der Waals surface area contributed by atoms with Crippen LogP contribution in [0.3, 0.4) is 0 Å². The Labute approximate surface area is 117 Å². The average molecular weight is 277 g/mol. The van der Waals surface area contributed by atoms with Crippen LogP contribution in [0, 0.1) is 0 Å². The maximum Gasteiger partial charge on any atom is 0.191 e. The van der Waals surface area contributed by atoms with Crippen LogP contribution in [-0.2, 0) is 6.54 Å². The zero-order valence-corrected chi connectivity index (χ0v) is 12.1. The summed E-state index contributed by atoms with van der Waals surface area (Å²) in [5.74, 6) is 2.77. The van der Waals surface area contributed by atoms with Gasteiger partial charge < -0.3 is 15.1 Å². The van der Waals surface area contributed by atoms with Crippen LogP contribution < -0.4 is 10.6 Å². The van der Waals surface area contributed by atoms with Gasteiger partial charge in [-0.25, -0.2) is 0 Å². The number of nitrogens with one attached hydrogen (secondary N) is 2. The molecule has 1 aromatic heterocycles. The molecule has 0 bridgehead atoms. The lowest BCUT2D eigenvalue weighted by Crippen LogP contribution is -2.37. The van der Waals surface area contributed by atoms with Crippen molar-refractivity contribution in [3.8, 4) is 0 Å². The van der Waals surface area contributed by atoms with Gasteiger partial charge in [0.1, 0.15) is 11.3 Å². The SMILES string of the molecule is CN=C(NCCSC)NCc1cc2ccccc2o1. The van der Waals surface area contributed by atoms with Crippen LogP contribution in [0.2, 0.25) is 0 Å². The van der Waals surface area contributed by atoms with Gasteiger partial charge in [0.2, 0.25) is 0 Å². The number of guanidine groups is 1. The van der Waals surface area contributed by atoms with Crippen molar-refractivity contribution in [3.05, 3.63) is 36.1 Å². The van der Waals surface area contributed by atoms with Crippen molar-refractivity contribution in [2.45, 2.75) is 6.54 Å². The normalized spacial score (nSPS) is 11.8. The van der Waals surface area contributed by atoms with Gasteiger partial charge in [0.05, 0.1) is 6.54 Å². The van der Waals surface area contributed by atoms with E-state index in [-0.39, 0.29) is 0 Å². The summed E-state index contributed by atoms with van der Waals surface area (Å²) < 4.78 is 5.74. The maximum atomic E-state index is 5.74. The van der Waals surface area contributed by atoms with Gasteiger partial charge in [0.25, 0.3) is 0 Å². The molecule has 0 saturated heterocycles. The quantitative estimate of drug-likeness (QED) is 0.501. The number of nitrogens with zero attached hydrogens (tertiary/aromatic N) is 1. The van der Waals surface area contributed by atoms with Crippen LogP contribution in [0.1, 0.15) is 5.76 Å². The molecule has 0 amide bonds. The van der Waals surface area contributed by atoms with Crippen molar-refractivity contribution in [1.29, 1.82) is 0 Å². The summed E-state index contributed by atoms with van der Waals surface area (Å²) in [6.07, 6.45) is 2.09. The summed E-state index contributed by atoms with van der Waals surface area (Å²) in [5, 5.41) is 7.62. The minimum absolute atomic E-state index is 0.633. The van der Waals surface area contributed by atoms with Crippen LogP contribution in [0.5, 0.6) is 0 Å². The molecule has 1 heterocycles. The fraction of sp³-hybridized carbons (Fsp3) is 0.357. The van der Waals surface area contributed by atoms with Crippen molar-refractivity contribution in [2.75, 3.05) is 25.6 Å². The summed E-state index contributed by atoms with van der Waals surface area (Å²) in [4.78, 5) is 4.17. The summed E-state index contributed by atoms with van der Waals surface area (Å²) in [6.45, 7) is 1.54. The highest BCUT2D eigenvalue weighted by Crippen LogP contribution is 2.18. The Morgan fingerprint density at radius 2 is 2.16 bits per heavy atom. The zero-order chi connectivity index (χ0) is 13.5. The van der Waals surface area contributed by atoms with Crippen molar-refractivity contribution < 1.29 is 4.42 Å². The Bertz CT molecular complexity index is 517. The van der Waals surface area contributed by atoms with E-state index in [9.17, 15) is 0 Å². The maximum absolute atomic E-state index is 5.74. The number of hydrogen-bond acceptors (Lipinski definition) is 3. The molecule has 0 atom stereocenters. The molecular weight excluding hydrogens is 258 g/mol. The number of hydrogen-bond donors (Lipinski definition) is 2. The van der Waals surface area contributed by atoms with Crippen LogP contribution in [0.15, 0.2) is 39.7 Å². The van der Waals surface area contributed by atoms with Gasteiger partial charge in [-0.05, 0) is 18.4 Å². The molecule has 0 fully saturated rings. The molecule has 5 heteroatoms. The van der Waals surface area contributed by atoms with E-state index in [1.165, 1.54) is 0 Å². The Morgan fingerprint density at radius 3 is 2.89 bits per heavy atom. The molecule has 0 unspecified atom stereocenters. The Morgan fingerprint density at radius 1 is 1.32 bits per heavy atom. The fourth-order valence-electron chi connectivity index (χ4n) is 1.79. The summed E-state index contributed by atoms with van der Waals surface area (Å²) in [7, 11) is 1.77. The van der Waals surface area contributed by atoms with E-state index in [4.69, 9.17) is 4.42 Å². The smallest absolute Gasteiger partial charge is 0.191 e. The minimum atomic E-state index is 0.633. The molecule has 0 spiro atoms. The molecule has 0 aliphatic heterocycles. The number of aliphatic imine (C=N–C) groups is 1. The van der Waals surface area contributed by atoms with E-state index >= 15 is 0 Å². The Kier molecular flexibility index (Phi) is 5.15. The third kappa shape index (κ3) is 3.92. The highest BCUT2D eigenvalue weighted by molar-refractivity contribution is 7.98. The van der Waals surface area contributed by atoms with E-state index < -0.39 is 0 Å². The van der Waals surface area contributed by atoms with Gasteiger partial charge in [-0.1, -0.05) is 18.2 Å². The molecular formula is C14H19N3OS. The molecule has 4 nitrogen and oxygen atoms in total. The number of para-hydroxylation sites is 1. The molecule has 19 heavy (non-hydrogen) atoms. The standard InChI is InChI=1S/C14H19N3OS/c1-15-14(16-7-8-19-2)17-10-12-9-11-5-3-4-6-13(11)18-12/h3-6,9H,7-8,10H2,1-2H3,(H2,15,16,17). The number of rotatable bonds is 5. The summed E-state index contributed by atoms with van der Waals surface area (Å²) in [6, 6.07) is 10.1. The summed E-state index contributed by atoms with van der Waals surface area (Å²) in [5.41, 5.74) is 0.921. The Hall–Kier alpha value is -1.62. The van der Waals surface area contributed by atoms with E-state index in [1.807, 2.05) is 36.0 Å². The number of thioether (sulfide) groups is 1. The average Bonchev–Trinajstić information content (AvgIpc) is 2.85. The van der Waals surface area contributed by atoms with Gasteiger partial charge in [-0.2, -0.15) is 11.8 Å². The van der Waals surface area contributed by atoms with Crippen molar-refractivity contribution in [3.63, 3.8) is 0 Å².